The quantitative estimate of drug-likeness (QED) is 0.856. The summed E-state index contributed by atoms with van der Waals surface area (Å²) in [5.74, 6) is 0.534. The van der Waals surface area contributed by atoms with Crippen LogP contribution in [0.1, 0.15) is 43.0 Å². The molecule has 2 N–H and O–H groups in total. The van der Waals surface area contributed by atoms with Gasteiger partial charge in [0.2, 0.25) is 0 Å². The van der Waals surface area contributed by atoms with Gasteiger partial charge in [-0.3, -0.25) is 9.78 Å². The zero-order valence-electron chi connectivity index (χ0n) is 10.7. The summed E-state index contributed by atoms with van der Waals surface area (Å²) in [6.07, 6.45) is 6.97. The summed E-state index contributed by atoms with van der Waals surface area (Å²) in [6.45, 7) is 2.22. The molecule has 18 heavy (non-hydrogen) atoms. The predicted molar refractivity (Wildman–Crippen MR) is 69.2 cm³/mol. The summed E-state index contributed by atoms with van der Waals surface area (Å²) in [5, 5.41) is 12.6. The van der Waals surface area contributed by atoms with Gasteiger partial charge in [-0.1, -0.05) is 6.92 Å². The van der Waals surface area contributed by atoms with Crippen LogP contribution in [0.15, 0.2) is 24.5 Å². The minimum Gasteiger partial charge on any atom is -0.394 e. The molecular formula is C14H20N2O2. The Balaban J connectivity index is 2.05. The second-order valence-corrected chi connectivity index (χ2v) is 5.32. The fourth-order valence-electron chi connectivity index (χ4n) is 2.45. The van der Waals surface area contributed by atoms with Crippen LogP contribution < -0.4 is 5.32 Å². The van der Waals surface area contributed by atoms with Crippen LogP contribution in [0, 0.1) is 5.92 Å². The van der Waals surface area contributed by atoms with Crippen molar-refractivity contribution in [2.75, 3.05) is 6.61 Å². The number of nitrogens with one attached hydrogen (secondary N) is 1. The number of pyridine rings is 1. The van der Waals surface area contributed by atoms with Crippen LogP contribution in [-0.2, 0) is 0 Å². The smallest absolute Gasteiger partial charge is 0.253 e. The second-order valence-electron chi connectivity index (χ2n) is 5.32. The van der Waals surface area contributed by atoms with Gasteiger partial charge in [0.15, 0.2) is 0 Å². The van der Waals surface area contributed by atoms with Gasteiger partial charge in [0.25, 0.3) is 5.91 Å². The molecule has 1 aromatic rings. The van der Waals surface area contributed by atoms with E-state index in [0.29, 0.717) is 11.5 Å². The van der Waals surface area contributed by atoms with E-state index in [9.17, 15) is 9.90 Å². The van der Waals surface area contributed by atoms with Crippen molar-refractivity contribution in [3.05, 3.63) is 30.1 Å². The van der Waals surface area contributed by atoms with E-state index in [2.05, 4.69) is 17.2 Å². The molecule has 0 saturated heterocycles. The predicted octanol–water partition coefficient (Wildman–Crippen LogP) is 1.75. The lowest BCUT2D eigenvalue weighted by atomic mass is 9.77. The zero-order valence-corrected chi connectivity index (χ0v) is 10.7. The Kier molecular flexibility index (Phi) is 3.97. The fraction of sp³-hybridized carbons (Fsp3) is 0.571. The molecule has 0 radical (unpaired) electrons. The Morgan fingerprint density at radius 3 is 2.83 bits per heavy atom. The molecule has 0 aliphatic heterocycles. The van der Waals surface area contributed by atoms with Gasteiger partial charge >= 0.3 is 0 Å². The molecule has 0 atom stereocenters. The Morgan fingerprint density at radius 1 is 1.56 bits per heavy atom. The topological polar surface area (TPSA) is 62.2 Å². The molecule has 1 aliphatic rings. The average Bonchev–Trinajstić information content (AvgIpc) is 2.43. The van der Waals surface area contributed by atoms with E-state index in [1.807, 2.05) is 0 Å². The van der Waals surface area contributed by atoms with Crippen molar-refractivity contribution in [2.24, 2.45) is 5.92 Å². The van der Waals surface area contributed by atoms with E-state index in [1.165, 1.54) is 0 Å². The van der Waals surface area contributed by atoms with Crippen LogP contribution in [0.5, 0.6) is 0 Å². The Labute approximate surface area is 107 Å². The zero-order chi connectivity index (χ0) is 13.0. The van der Waals surface area contributed by atoms with Gasteiger partial charge in [-0.15, -0.1) is 0 Å². The number of carbonyl (C=O) groups is 1. The molecule has 2 rings (SSSR count). The maximum Gasteiger partial charge on any atom is 0.253 e. The molecule has 0 aromatic carbocycles. The number of nitrogens with zero attached hydrogens (tertiary/aromatic N) is 1. The molecule has 0 bridgehead atoms. The molecule has 4 nitrogen and oxygen atoms in total. The molecule has 0 spiro atoms. The van der Waals surface area contributed by atoms with Crippen LogP contribution >= 0.6 is 0 Å². The largest absolute Gasteiger partial charge is 0.394 e. The molecule has 1 saturated carbocycles. The lowest BCUT2D eigenvalue weighted by Gasteiger charge is -2.38. The molecule has 1 aromatic heterocycles. The number of hydrogen-bond donors (Lipinski definition) is 2. The lowest BCUT2D eigenvalue weighted by molar-refractivity contribution is 0.0717. The van der Waals surface area contributed by atoms with Crippen molar-refractivity contribution >= 4 is 5.91 Å². The van der Waals surface area contributed by atoms with Gasteiger partial charge in [0, 0.05) is 12.4 Å². The Morgan fingerprint density at radius 2 is 2.28 bits per heavy atom. The van der Waals surface area contributed by atoms with Crippen LogP contribution in [0.4, 0.5) is 0 Å². The van der Waals surface area contributed by atoms with Gasteiger partial charge in [-0.2, -0.15) is 0 Å². The minimum absolute atomic E-state index is 0.00568. The van der Waals surface area contributed by atoms with E-state index in [-0.39, 0.29) is 12.5 Å². The summed E-state index contributed by atoms with van der Waals surface area (Å²) in [5.41, 5.74) is 0.100. The third-order valence-corrected chi connectivity index (χ3v) is 3.84. The van der Waals surface area contributed by atoms with Gasteiger partial charge in [-0.05, 0) is 43.7 Å². The highest BCUT2D eigenvalue weighted by molar-refractivity contribution is 5.94. The molecule has 1 fully saturated rings. The first kappa shape index (κ1) is 13.0. The Bertz CT molecular complexity index is 398. The SMILES string of the molecule is CC1CCC(CO)(NC(=O)c2cccnc2)CC1. The van der Waals surface area contributed by atoms with Crippen LogP contribution in [-0.4, -0.2) is 28.1 Å². The van der Waals surface area contributed by atoms with Crippen molar-refractivity contribution in [2.45, 2.75) is 38.1 Å². The van der Waals surface area contributed by atoms with E-state index in [1.54, 1.807) is 24.5 Å². The van der Waals surface area contributed by atoms with E-state index in [4.69, 9.17) is 0 Å². The maximum atomic E-state index is 12.1. The highest BCUT2D eigenvalue weighted by Crippen LogP contribution is 2.31. The number of amides is 1. The average molecular weight is 248 g/mol. The molecule has 98 valence electrons. The number of hydrogen-bond acceptors (Lipinski definition) is 3. The summed E-state index contributed by atoms with van der Waals surface area (Å²) in [4.78, 5) is 16.0. The first-order valence-corrected chi connectivity index (χ1v) is 6.49. The summed E-state index contributed by atoms with van der Waals surface area (Å²) >= 11 is 0. The number of carbonyl (C=O) groups excluding carboxylic acids is 1. The summed E-state index contributed by atoms with van der Waals surface area (Å²) in [7, 11) is 0. The standard InChI is InChI=1S/C14H20N2O2/c1-11-4-6-14(10-17,7-5-11)16-13(18)12-3-2-8-15-9-12/h2-3,8-9,11,17H,4-7,10H2,1H3,(H,16,18). The first-order valence-electron chi connectivity index (χ1n) is 6.49. The third kappa shape index (κ3) is 2.88. The van der Waals surface area contributed by atoms with Gasteiger partial charge in [-0.25, -0.2) is 0 Å². The maximum absolute atomic E-state index is 12.1. The lowest BCUT2D eigenvalue weighted by Crippen LogP contribution is -2.53. The highest BCUT2D eigenvalue weighted by Gasteiger charge is 2.35. The van der Waals surface area contributed by atoms with Crippen LogP contribution in [0.2, 0.25) is 0 Å². The Hall–Kier alpha value is -1.42. The minimum atomic E-state index is -0.445. The number of rotatable bonds is 3. The highest BCUT2D eigenvalue weighted by atomic mass is 16.3. The normalized spacial score (nSPS) is 27.8. The second kappa shape index (κ2) is 5.48. The van der Waals surface area contributed by atoms with Gasteiger partial charge in [0.05, 0.1) is 17.7 Å². The first-order chi connectivity index (χ1) is 8.65. The van der Waals surface area contributed by atoms with Gasteiger partial charge < -0.3 is 10.4 Å². The van der Waals surface area contributed by atoms with Crippen molar-refractivity contribution < 1.29 is 9.90 Å². The molecule has 4 heteroatoms. The summed E-state index contributed by atoms with van der Waals surface area (Å²) < 4.78 is 0. The molecule has 0 unspecified atom stereocenters. The fourth-order valence-corrected chi connectivity index (χ4v) is 2.45. The molecular weight excluding hydrogens is 228 g/mol. The van der Waals surface area contributed by atoms with Crippen LogP contribution in [0.3, 0.4) is 0 Å². The molecule has 1 amide bonds. The molecule has 1 aliphatic carbocycles. The van der Waals surface area contributed by atoms with E-state index in [0.717, 1.165) is 25.7 Å². The van der Waals surface area contributed by atoms with Gasteiger partial charge in [0.1, 0.15) is 0 Å². The van der Waals surface area contributed by atoms with Crippen molar-refractivity contribution in [1.29, 1.82) is 0 Å². The molecule has 1 heterocycles. The van der Waals surface area contributed by atoms with E-state index < -0.39 is 5.54 Å². The van der Waals surface area contributed by atoms with E-state index >= 15 is 0 Å². The van der Waals surface area contributed by atoms with Crippen molar-refractivity contribution in [1.82, 2.24) is 10.3 Å². The van der Waals surface area contributed by atoms with Crippen molar-refractivity contribution in [3.63, 3.8) is 0 Å². The summed E-state index contributed by atoms with van der Waals surface area (Å²) in [6, 6.07) is 3.47. The number of aromatic nitrogens is 1. The monoisotopic (exact) mass is 248 g/mol. The third-order valence-electron chi connectivity index (χ3n) is 3.84. The number of aliphatic hydroxyl groups is 1. The van der Waals surface area contributed by atoms with Crippen LogP contribution in [0.25, 0.3) is 0 Å². The number of aliphatic hydroxyl groups excluding tert-OH is 1. The van der Waals surface area contributed by atoms with Crippen molar-refractivity contribution in [3.8, 4) is 0 Å².